The summed E-state index contributed by atoms with van der Waals surface area (Å²) < 4.78 is 10.6. The second kappa shape index (κ2) is 8.91. The van der Waals surface area contributed by atoms with Gasteiger partial charge in [-0.3, -0.25) is 14.9 Å². The van der Waals surface area contributed by atoms with Gasteiger partial charge < -0.3 is 14.4 Å². The summed E-state index contributed by atoms with van der Waals surface area (Å²) >= 11 is 1.35. The standard InChI is InChI=1S/C21H21N3O5S/c1-13(14-6-5-7-16(10-14)24(26)27)23(2)21(25)17-12-30-20(22-17)15-8-9-18(28-3)19(11-15)29-4/h5-13H,1-4H3. The number of amides is 1. The lowest BCUT2D eigenvalue weighted by Gasteiger charge is -2.24. The summed E-state index contributed by atoms with van der Waals surface area (Å²) in [5.74, 6) is 0.922. The lowest BCUT2D eigenvalue weighted by molar-refractivity contribution is -0.384. The number of ether oxygens (including phenoxy) is 2. The molecule has 0 radical (unpaired) electrons. The number of nitrogens with zero attached hydrogens (tertiary/aromatic N) is 3. The first kappa shape index (κ1) is 21.3. The Morgan fingerprint density at radius 3 is 2.57 bits per heavy atom. The monoisotopic (exact) mass is 427 g/mol. The predicted molar refractivity (Wildman–Crippen MR) is 114 cm³/mol. The molecule has 8 nitrogen and oxygen atoms in total. The van der Waals surface area contributed by atoms with Gasteiger partial charge in [0, 0.05) is 30.1 Å². The molecule has 0 aliphatic heterocycles. The van der Waals surface area contributed by atoms with Crippen molar-refractivity contribution in [3.05, 3.63) is 69.2 Å². The van der Waals surface area contributed by atoms with E-state index < -0.39 is 4.92 Å². The number of benzene rings is 2. The molecule has 1 atom stereocenters. The lowest BCUT2D eigenvalue weighted by atomic mass is 10.1. The molecule has 1 aromatic heterocycles. The molecule has 0 bridgehead atoms. The first-order valence-corrected chi connectivity index (χ1v) is 9.93. The van der Waals surface area contributed by atoms with Crippen LogP contribution in [0.2, 0.25) is 0 Å². The summed E-state index contributed by atoms with van der Waals surface area (Å²) in [6, 6.07) is 11.4. The Morgan fingerprint density at radius 2 is 1.90 bits per heavy atom. The maximum atomic E-state index is 12.9. The predicted octanol–water partition coefficient (Wildman–Crippen LogP) is 4.57. The van der Waals surface area contributed by atoms with Crippen LogP contribution in [0, 0.1) is 10.1 Å². The van der Waals surface area contributed by atoms with Gasteiger partial charge in [0.05, 0.1) is 25.2 Å². The van der Waals surface area contributed by atoms with Crippen LogP contribution < -0.4 is 9.47 Å². The maximum Gasteiger partial charge on any atom is 0.273 e. The number of carbonyl (C=O) groups excluding carboxylic acids is 1. The maximum absolute atomic E-state index is 12.9. The van der Waals surface area contributed by atoms with Crippen molar-refractivity contribution in [2.45, 2.75) is 13.0 Å². The molecule has 156 valence electrons. The third kappa shape index (κ3) is 4.25. The molecule has 0 fully saturated rings. The minimum atomic E-state index is -0.451. The summed E-state index contributed by atoms with van der Waals surface area (Å²) in [5.41, 5.74) is 1.79. The SMILES string of the molecule is COc1ccc(-c2nc(C(=O)N(C)C(C)c3cccc([N+](=O)[O-])c3)cs2)cc1OC. The number of nitro groups is 1. The highest BCUT2D eigenvalue weighted by molar-refractivity contribution is 7.13. The molecule has 3 rings (SSSR count). The minimum absolute atomic E-state index is 0.00963. The van der Waals surface area contributed by atoms with Gasteiger partial charge in [0.25, 0.3) is 11.6 Å². The molecule has 1 unspecified atom stereocenters. The van der Waals surface area contributed by atoms with Crippen molar-refractivity contribution < 1.29 is 19.2 Å². The molecular weight excluding hydrogens is 406 g/mol. The zero-order valence-electron chi connectivity index (χ0n) is 17.0. The summed E-state index contributed by atoms with van der Waals surface area (Å²) in [7, 11) is 4.78. The Balaban J connectivity index is 1.82. The van der Waals surface area contributed by atoms with Crippen LogP contribution in [0.4, 0.5) is 5.69 Å². The van der Waals surface area contributed by atoms with E-state index >= 15 is 0 Å². The first-order valence-electron chi connectivity index (χ1n) is 9.05. The normalized spacial score (nSPS) is 11.6. The molecule has 30 heavy (non-hydrogen) atoms. The van der Waals surface area contributed by atoms with E-state index in [1.54, 1.807) is 50.9 Å². The molecule has 0 aliphatic carbocycles. The average molecular weight is 427 g/mol. The van der Waals surface area contributed by atoms with Gasteiger partial charge in [-0.25, -0.2) is 4.98 Å². The van der Waals surface area contributed by atoms with Crippen LogP contribution in [0.25, 0.3) is 10.6 Å². The molecule has 0 saturated carbocycles. The molecule has 1 heterocycles. The van der Waals surface area contributed by atoms with Crippen LogP contribution in [0.5, 0.6) is 11.5 Å². The van der Waals surface area contributed by atoms with Gasteiger partial charge in [-0.05, 0) is 30.7 Å². The Hall–Kier alpha value is -3.46. The summed E-state index contributed by atoms with van der Waals surface area (Å²) in [6.45, 7) is 1.82. The van der Waals surface area contributed by atoms with Crippen LogP contribution in [-0.2, 0) is 0 Å². The van der Waals surface area contributed by atoms with E-state index in [2.05, 4.69) is 4.98 Å². The van der Waals surface area contributed by atoms with E-state index in [0.29, 0.717) is 27.8 Å². The van der Waals surface area contributed by atoms with E-state index in [1.807, 2.05) is 13.0 Å². The van der Waals surface area contributed by atoms with Crippen molar-refractivity contribution in [1.29, 1.82) is 0 Å². The molecule has 0 N–H and O–H groups in total. The van der Waals surface area contributed by atoms with E-state index in [1.165, 1.54) is 28.4 Å². The lowest BCUT2D eigenvalue weighted by Crippen LogP contribution is -2.29. The third-order valence-electron chi connectivity index (χ3n) is 4.82. The number of carbonyl (C=O) groups is 1. The van der Waals surface area contributed by atoms with Crippen LogP contribution in [0.15, 0.2) is 47.8 Å². The third-order valence-corrected chi connectivity index (χ3v) is 5.71. The molecule has 0 saturated heterocycles. The van der Waals surface area contributed by atoms with Gasteiger partial charge in [0.1, 0.15) is 10.7 Å². The fraction of sp³-hybridized carbons (Fsp3) is 0.238. The van der Waals surface area contributed by atoms with E-state index in [-0.39, 0.29) is 17.6 Å². The number of hydrogen-bond donors (Lipinski definition) is 0. The number of aromatic nitrogens is 1. The van der Waals surface area contributed by atoms with Crippen molar-refractivity contribution in [2.24, 2.45) is 0 Å². The van der Waals surface area contributed by atoms with E-state index in [0.717, 1.165) is 5.56 Å². The smallest absolute Gasteiger partial charge is 0.273 e. The fourth-order valence-electron chi connectivity index (χ4n) is 2.95. The Bertz CT molecular complexity index is 1080. The first-order chi connectivity index (χ1) is 14.3. The number of hydrogen-bond acceptors (Lipinski definition) is 7. The molecule has 9 heteroatoms. The number of methoxy groups -OCH3 is 2. The van der Waals surface area contributed by atoms with Gasteiger partial charge in [0.2, 0.25) is 0 Å². The molecule has 2 aromatic carbocycles. The second-order valence-corrected chi connectivity index (χ2v) is 7.41. The van der Waals surface area contributed by atoms with Crippen molar-refractivity contribution in [3.8, 4) is 22.1 Å². The van der Waals surface area contributed by atoms with Crippen molar-refractivity contribution in [1.82, 2.24) is 9.88 Å². The molecule has 0 aliphatic rings. The van der Waals surface area contributed by atoms with Gasteiger partial charge in [-0.2, -0.15) is 0 Å². The van der Waals surface area contributed by atoms with Gasteiger partial charge >= 0.3 is 0 Å². The molecule has 3 aromatic rings. The van der Waals surface area contributed by atoms with Crippen molar-refractivity contribution >= 4 is 22.9 Å². The Labute approximate surface area is 177 Å². The topological polar surface area (TPSA) is 94.8 Å². The van der Waals surface area contributed by atoms with E-state index in [4.69, 9.17) is 9.47 Å². The van der Waals surface area contributed by atoms with Gasteiger partial charge in [-0.1, -0.05) is 12.1 Å². The van der Waals surface area contributed by atoms with Crippen LogP contribution >= 0.6 is 11.3 Å². The average Bonchev–Trinajstić information content (AvgIpc) is 3.27. The Kier molecular flexibility index (Phi) is 6.31. The molecule has 0 spiro atoms. The minimum Gasteiger partial charge on any atom is -0.493 e. The van der Waals surface area contributed by atoms with Gasteiger partial charge in [0.15, 0.2) is 11.5 Å². The number of thiazole rings is 1. The van der Waals surface area contributed by atoms with Crippen molar-refractivity contribution in [3.63, 3.8) is 0 Å². The number of non-ortho nitro benzene ring substituents is 1. The van der Waals surface area contributed by atoms with Crippen LogP contribution in [0.3, 0.4) is 0 Å². The fourth-order valence-corrected chi connectivity index (χ4v) is 3.74. The summed E-state index contributed by atoms with van der Waals surface area (Å²) in [5, 5.41) is 13.4. The quantitative estimate of drug-likeness (QED) is 0.405. The molecule has 1 amide bonds. The summed E-state index contributed by atoms with van der Waals surface area (Å²) in [6.07, 6.45) is 0. The van der Waals surface area contributed by atoms with Crippen molar-refractivity contribution in [2.75, 3.05) is 21.3 Å². The molecular formula is C21H21N3O5S. The summed E-state index contributed by atoms with van der Waals surface area (Å²) in [4.78, 5) is 29.5. The number of rotatable bonds is 7. The zero-order chi connectivity index (χ0) is 21.8. The van der Waals surface area contributed by atoms with Crippen LogP contribution in [-0.4, -0.2) is 42.0 Å². The number of nitro benzene ring substituents is 1. The zero-order valence-corrected chi connectivity index (χ0v) is 17.8. The highest BCUT2D eigenvalue weighted by Gasteiger charge is 2.23. The largest absolute Gasteiger partial charge is 0.493 e. The highest BCUT2D eigenvalue weighted by atomic mass is 32.1. The van der Waals surface area contributed by atoms with Gasteiger partial charge in [-0.15, -0.1) is 11.3 Å². The van der Waals surface area contributed by atoms with Crippen LogP contribution in [0.1, 0.15) is 29.0 Å². The second-order valence-electron chi connectivity index (χ2n) is 6.55. The van der Waals surface area contributed by atoms with E-state index in [9.17, 15) is 14.9 Å². The highest BCUT2D eigenvalue weighted by Crippen LogP contribution is 2.34. The Morgan fingerprint density at radius 1 is 1.17 bits per heavy atom.